The predicted molar refractivity (Wildman–Crippen MR) is 120 cm³/mol. The van der Waals surface area contributed by atoms with Crippen LogP contribution in [0.15, 0.2) is 67.0 Å². The van der Waals surface area contributed by atoms with Crippen molar-refractivity contribution in [3.8, 4) is 28.9 Å². The summed E-state index contributed by atoms with van der Waals surface area (Å²) in [6, 6.07) is 17.8. The number of anilines is 1. The number of amides is 1. The molecular weight excluding hydrogens is 422 g/mol. The molecule has 1 unspecified atom stereocenters. The number of imidazole rings is 1. The normalized spacial score (nSPS) is 14.5. The minimum absolute atomic E-state index is 0.150. The fourth-order valence-electron chi connectivity index (χ4n) is 3.32. The summed E-state index contributed by atoms with van der Waals surface area (Å²) in [7, 11) is 0. The Kier molecular flexibility index (Phi) is 5.35. The first kappa shape index (κ1) is 20.5. The van der Waals surface area contributed by atoms with Crippen molar-refractivity contribution in [1.29, 1.82) is 0 Å². The van der Waals surface area contributed by atoms with Gasteiger partial charge in [0.15, 0.2) is 17.3 Å². The van der Waals surface area contributed by atoms with Crippen molar-refractivity contribution < 1.29 is 19.0 Å². The molecule has 0 bridgehead atoms. The zero-order valence-corrected chi connectivity index (χ0v) is 18.1. The van der Waals surface area contributed by atoms with Crippen molar-refractivity contribution in [2.75, 3.05) is 11.9 Å². The molecule has 1 atom stereocenters. The van der Waals surface area contributed by atoms with Crippen molar-refractivity contribution >= 4 is 11.6 Å². The smallest absolute Gasteiger partial charge is 0.269 e. The first-order valence-corrected chi connectivity index (χ1v) is 10.4. The van der Waals surface area contributed by atoms with Crippen molar-refractivity contribution in [3.05, 3.63) is 78.4 Å². The molecule has 0 saturated carbocycles. The van der Waals surface area contributed by atoms with E-state index >= 15 is 0 Å². The molecule has 3 heterocycles. The Morgan fingerprint density at radius 1 is 1.03 bits per heavy atom. The number of aromatic nitrogens is 4. The van der Waals surface area contributed by atoms with E-state index in [0.717, 1.165) is 11.4 Å². The highest BCUT2D eigenvalue weighted by atomic mass is 16.6. The number of carbonyl (C=O) groups excluding carboxylic acids is 1. The number of nitrogens with one attached hydrogen (secondary N) is 1. The summed E-state index contributed by atoms with van der Waals surface area (Å²) in [5.74, 6) is 2.49. The second-order valence-electron chi connectivity index (χ2n) is 7.50. The summed E-state index contributed by atoms with van der Waals surface area (Å²) in [6.07, 6.45) is 0.985. The number of fused-ring (bicyclic) bond motifs is 1. The highest BCUT2D eigenvalue weighted by molar-refractivity contribution is 5.94. The minimum Gasteiger partial charge on any atom is -0.485 e. The molecule has 1 N–H and O–H groups in total. The fourth-order valence-corrected chi connectivity index (χ4v) is 3.32. The summed E-state index contributed by atoms with van der Waals surface area (Å²) < 4.78 is 19.0. The van der Waals surface area contributed by atoms with Gasteiger partial charge in [-0.2, -0.15) is 0 Å². The highest BCUT2D eigenvalue weighted by Crippen LogP contribution is 2.31. The second kappa shape index (κ2) is 8.62. The van der Waals surface area contributed by atoms with Crippen LogP contribution in [0.25, 0.3) is 5.82 Å². The number of aryl methyl sites for hydroxylation is 1. The Hall–Kier alpha value is -4.40. The number of para-hydroxylation sites is 2. The Balaban J connectivity index is 1.19. The van der Waals surface area contributed by atoms with Gasteiger partial charge in [-0.3, -0.25) is 9.36 Å². The molecule has 0 aliphatic carbocycles. The van der Waals surface area contributed by atoms with Crippen molar-refractivity contribution in [2.24, 2.45) is 0 Å². The Bertz CT molecular complexity index is 1290. The quantitative estimate of drug-likeness (QED) is 0.500. The van der Waals surface area contributed by atoms with Crippen LogP contribution in [0.5, 0.6) is 23.1 Å². The molecule has 5 rings (SSSR count). The molecule has 1 aliphatic heterocycles. The predicted octanol–water partition coefficient (Wildman–Crippen LogP) is 3.85. The third-order valence-electron chi connectivity index (χ3n) is 5.27. The summed E-state index contributed by atoms with van der Waals surface area (Å²) in [5, 5.41) is 11.2. The van der Waals surface area contributed by atoms with Crippen LogP contribution in [-0.2, 0) is 4.79 Å². The molecule has 9 nitrogen and oxygen atoms in total. The number of ether oxygens (including phenoxy) is 3. The topological polar surface area (TPSA) is 100 Å². The average molecular weight is 443 g/mol. The first-order valence-electron chi connectivity index (χ1n) is 10.4. The van der Waals surface area contributed by atoms with Gasteiger partial charge in [0.2, 0.25) is 12.0 Å². The van der Waals surface area contributed by atoms with Crippen LogP contribution in [-0.4, -0.2) is 38.4 Å². The van der Waals surface area contributed by atoms with E-state index in [-0.39, 0.29) is 12.5 Å². The zero-order valence-electron chi connectivity index (χ0n) is 18.1. The SMILES string of the molecule is Cc1ncn(-c2ccc(Oc3ccc(NC(=O)C4COc5ccccc5O4)cc3)nn2)c1C. The van der Waals surface area contributed by atoms with Gasteiger partial charge in [-0.25, -0.2) is 4.98 Å². The molecule has 166 valence electrons. The van der Waals surface area contributed by atoms with E-state index in [0.29, 0.717) is 34.6 Å². The number of hydrogen-bond acceptors (Lipinski definition) is 7. The Labute approximate surface area is 190 Å². The lowest BCUT2D eigenvalue weighted by Gasteiger charge is -2.25. The zero-order chi connectivity index (χ0) is 22.8. The summed E-state index contributed by atoms with van der Waals surface area (Å²) in [4.78, 5) is 16.8. The van der Waals surface area contributed by atoms with Crippen LogP contribution in [0.4, 0.5) is 5.69 Å². The first-order chi connectivity index (χ1) is 16.1. The molecule has 9 heteroatoms. The molecule has 0 spiro atoms. The maximum absolute atomic E-state index is 12.6. The van der Waals surface area contributed by atoms with E-state index in [4.69, 9.17) is 14.2 Å². The van der Waals surface area contributed by atoms with Crippen LogP contribution in [0.3, 0.4) is 0 Å². The van der Waals surface area contributed by atoms with E-state index in [9.17, 15) is 4.79 Å². The molecule has 0 fully saturated rings. The molecule has 4 aromatic rings. The lowest BCUT2D eigenvalue weighted by molar-refractivity contribution is -0.125. The average Bonchev–Trinajstić information content (AvgIpc) is 3.18. The maximum atomic E-state index is 12.6. The third kappa shape index (κ3) is 4.33. The van der Waals surface area contributed by atoms with Gasteiger partial charge in [0.25, 0.3) is 5.91 Å². The van der Waals surface area contributed by atoms with Crippen LogP contribution in [0.2, 0.25) is 0 Å². The monoisotopic (exact) mass is 443 g/mol. The number of nitrogens with zero attached hydrogens (tertiary/aromatic N) is 4. The number of hydrogen-bond donors (Lipinski definition) is 1. The van der Waals surface area contributed by atoms with Gasteiger partial charge in [0.1, 0.15) is 18.7 Å². The van der Waals surface area contributed by atoms with Gasteiger partial charge in [-0.15, -0.1) is 10.2 Å². The van der Waals surface area contributed by atoms with Crippen LogP contribution in [0.1, 0.15) is 11.4 Å². The Morgan fingerprint density at radius 3 is 2.52 bits per heavy atom. The summed E-state index contributed by atoms with van der Waals surface area (Å²) in [5.41, 5.74) is 2.56. The molecule has 33 heavy (non-hydrogen) atoms. The second-order valence-corrected chi connectivity index (χ2v) is 7.50. The van der Waals surface area contributed by atoms with Gasteiger partial charge in [0, 0.05) is 17.4 Å². The van der Waals surface area contributed by atoms with Crippen molar-refractivity contribution in [3.63, 3.8) is 0 Å². The third-order valence-corrected chi connectivity index (χ3v) is 5.27. The number of carbonyl (C=O) groups is 1. The lowest BCUT2D eigenvalue weighted by atomic mass is 10.2. The fraction of sp³-hybridized carbons (Fsp3) is 0.167. The molecule has 0 saturated heterocycles. The molecule has 1 amide bonds. The Morgan fingerprint density at radius 2 is 1.82 bits per heavy atom. The maximum Gasteiger partial charge on any atom is 0.269 e. The van der Waals surface area contributed by atoms with Crippen molar-refractivity contribution in [1.82, 2.24) is 19.7 Å². The van der Waals surface area contributed by atoms with Gasteiger partial charge in [-0.1, -0.05) is 12.1 Å². The van der Waals surface area contributed by atoms with Gasteiger partial charge in [-0.05, 0) is 56.3 Å². The van der Waals surface area contributed by atoms with E-state index in [1.807, 2.05) is 36.6 Å². The van der Waals surface area contributed by atoms with Crippen LogP contribution < -0.4 is 19.5 Å². The minimum atomic E-state index is -0.729. The molecule has 2 aromatic carbocycles. The molecule has 1 aliphatic rings. The standard InChI is InChI=1S/C24H21N5O4/c1-15-16(2)29(14-25-15)22-11-12-23(28-27-22)32-18-9-7-17(8-10-18)26-24(30)21-13-31-19-5-3-4-6-20(19)33-21/h3-12,14,21H,13H2,1-2H3,(H,26,30). The molecule has 2 aromatic heterocycles. The van der Waals surface area contributed by atoms with Gasteiger partial charge in [0.05, 0.1) is 5.69 Å². The largest absolute Gasteiger partial charge is 0.485 e. The van der Waals surface area contributed by atoms with Crippen LogP contribution >= 0.6 is 0 Å². The molecule has 0 radical (unpaired) electrons. The van der Waals surface area contributed by atoms with E-state index in [1.54, 1.807) is 48.8 Å². The van der Waals surface area contributed by atoms with Gasteiger partial charge < -0.3 is 19.5 Å². The van der Waals surface area contributed by atoms with Crippen molar-refractivity contribution in [2.45, 2.75) is 20.0 Å². The van der Waals surface area contributed by atoms with Gasteiger partial charge >= 0.3 is 0 Å². The summed E-state index contributed by atoms with van der Waals surface area (Å²) >= 11 is 0. The van der Waals surface area contributed by atoms with Crippen LogP contribution in [0, 0.1) is 13.8 Å². The molecular formula is C24H21N5O4. The highest BCUT2D eigenvalue weighted by Gasteiger charge is 2.27. The number of benzene rings is 2. The van der Waals surface area contributed by atoms with E-state index < -0.39 is 6.10 Å². The summed E-state index contributed by atoms with van der Waals surface area (Å²) in [6.45, 7) is 4.07. The van der Waals surface area contributed by atoms with E-state index in [1.165, 1.54) is 0 Å². The lowest BCUT2D eigenvalue weighted by Crippen LogP contribution is -2.40. The number of rotatable bonds is 5. The van der Waals surface area contributed by atoms with E-state index in [2.05, 4.69) is 20.5 Å².